The van der Waals surface area contributed by atoms with Crippen LogP contribution in [0, 0.1) is 0 Å². The Kier molecular flexibility index (Phi) is 4.74. The number of halogens is 2. The van der Waals surface area contributed by atoms with Gasteiger partial charge in [0.05, 0.1) is 5.69 Å². The molecule has 2 rings (SSSR count). The smallest absolute Gasteiger partial charge is 0.245 e. The van der Waals surface area contributed by atoms with Crippen LogP contribution in [0.1, 0.15) is 11.6 Å². The molecule has 1 atom stereocenters. The summed E-state index contributed by atoms with van der Waals surface area (Å²) in [5, 5.41) is 2.80. The van der Waals surface area contributed by atoms with Gasteiger partial charge in [0.1, 0.15) is 6.04 Å². The summed E-state index contributed by atoms with van der Waals surface area (Å²) in [5.41, 5.74) is 7.41. The molecule has 0 aliphatic rings. The number of hydrogen-bond donors (Lipinski definition) is 2. The fourth-order valence-corrected chi connectivity index (χ4v) is 2.76. The van der Waals surface area contributed by atoms with Crippen LogP contribution in [0.15, 0.2) is 57.5 Å². The second-order valence-corrected chi connectivity index (χ2v) is 5.77. The van der Waals surface area contributed by atoms with Crippen LogP contribution in [0.2, 0.25) is 0 Å². The van der Waals surface area contributed by atoms with Crippen molar-refractivity contribution in [3.63, 3.8) is 0 Å². The number of nitrogens with one attached hydrogen (secondary N) is 1. The molecular weight excluding hydrogens is 372 g/mol. The van der Waals surface area contributed by atoms with E-state index in [0.29, 0.717) is 5.69 Å². The summed E-state index contributed by atoms with van der Waals surface area (Å²) in [6, 6.07) is 14.1. The first-order valence-corrected chi connectivity index (χ1v) is 7.23. The van der Waals surface area contributed by atoms with Gasteiger partial charge in [0.2, 0.25) is 5.91 Å². The maximum atomic E-state index is 12.1. The van der Waals surface area contributed by atoms with Crippen LogP contribution in [-0.2, 0) is 4.79 Å². The van der Waals surface area contributed by atoms with Crippen LogP contribution < -0.4 is 11.1 Å². The quantitative estimate of drug-likeness (QED) is 0.845. The van der Waals surface area contributed by atoms with E-state index in [1.807, 2.05) is 48.5 Å². The molecule has 0 aliphatic carbocycles. The zero-order valence-corrected chi connectivity index (χ0v) is 13.1. The van der Waals surface area contributed by atoms with Gasteiger partial charge in [0, 0.05) is 8.95 Å². The monoisotopic (exact) mass is 382 g/mol. The molecule has 19 heavy (non-hydrogen) atoms. The number of benzene rings is 2. The van der Waals surface area contributed by atoms with Gasteiger partial charge in [-0.1, -0.05) is 46.3 Å². The average Bonchev–Trinajstić information content (AvgIpc) is 2.42. The molecule has 0 saturated carbocycles. The van der Waals surface area contributed by atoms with Gasteiger partial charge in [-0.3, -0.25) is 4.79 Å². The molecule has 3 nitrogen and oxygen atoms in total. The lowest BCUT2D eigenvalue weighted by atomic mass is 10.1. The molecule has 0 radical (unpaired) electrons. The molecule has 98 valence electrons. The molecule has 3 N–H and O–H groups in total. The second-order valence-electron chi connectivity index (χ2n) is 4.00. The van der Waals surface area contributed by atoms with E-state index < -0.39 is 6.04 Å². The fourth-order valence-electron chi connectivity index (χ4n) is 1.61. The van der Waals surface area contributed by atoms with Crippen LogP contribution in [0.5, 0.6) is 0 Å². The van der Waals surface area contributed by atoms with Gasteiger partial charge in [0.25, 0.3) is 0 Å². The number of anilines is 1. The SMILES string of the molecule is N[C@H](C(=O)Nc1ccc(Br)cc1Br)c1ccccc1. The van der Waals surface area contributed by atoms with Crippen LogP contribution in [-0.4, -0.2) is 5.91 Å². The molecule has 0 saturated heterocycles. The van der Waals surface area contributed by atoms with Gasteiger partial charge in [-0.05, 0) is 39.7 Å². The normalized spacial score (nSPS) is 11.9. The van der Waals surface area contributed by atoms with E-state index in [4.69, 9.17) is 5.73 Å². The zero-order chi connectivity index (χ0) is 13.8. The van der Waals surface area contributed by atoms with Gasteiger partial charge in [-0.25, -0.2) is 0 Å². The predicted molar refractivity (Wildman–Crippen MR) is 83.8 cm³/mol. The maximum absolute atomic E-state index is 12.1. The number of carbonyl (C=O) groups excluding carboxylic acids is 1. The van der Waals surface area contributed by atoms with Crippen molar-refractivity contribution in [1.29, 1.82) is 0 Å². The van der Waals surface area contributed by atoms with Gasteiger partial charge in [-0.15, -0.1) is 0 Å². The Bertz CT molecular complexity index is 587. The summed E-state index contributed by atoms with van der Waals surface area (Å²) in [6.45, 7) is 0. The van der Waals surface area contributed by atoms with Crippen molar-refractivity contribution in [3.8, 4) is 0 Å². The number of amides is 1. The Balaban J connectivity index is 2.13. The van der Waals surface area contributed by atoms with E-state index in [9.17, 15) is 4.79 Å². The molecule has 0 heterocycles. The maximum Gasteiger partial charge on any atom is 0.245 e. The highest BCUT2D eigenvalue weighted by Gasteiger charge is 2.16. The molecule has 0 spiro atoms. The first-order valence-electron chi connectivity index (χ1n) is 5.64. The van der Waals surface area contributed by atoms with Crippen molar-refractivity contribution in [2.24, 2.45) is 5.73 Å². The van der Waals surface area contributed by atoms with Crippen molar-refractivity contribution in [2.75, 3.05) is 5.32 Å². The first-order chi connectivity index (χ1) is 9.08. The molecule has 0 aromatic heterocycles. The Hall–Kier alpha value is -1.17. The van der Waals surface area contributed by atoms with Crippen LogP contribution in [0.3, 0.4) is 0 Å². The van der Waals surface area contributed by atoms with Crippen molar-refractivity contribution < 1.29 is 4.79 Å². The highest BCUT2D eigenvalue weighted by molar-refractivity contribution is 9.11. The molecule has 2 aromatic rings. The van der Waals surface area contributed by atoms with E-state index in [0.717, 1.165) is 14.5 Å². The minimum absolute atomic E-state index is 0.241. The predicted octanol–water partition coefficient (Wildman–Crippen LogP) is 3.85. The molecule has 1 amide bonds. The lowest BCUT2D eigenvalue weighted by Crippen LogP contribution is -2.27. The van der Waals surface area contributed by atoms with Crippen molar-refractivity contribution >= 4 is 43.5 Å². The molecule has 0 aliphatic heterocycles. The summed E-state index contributed by atoms with van der Waals surface area (Å²) in [6.07, 6.45) is 0. The lowest BCUT2D eigenvalue weighted by Gasteiger charge is -2.13. The highest BCUT2D eigenvalue weighted by atomic mass is 79.9. The molecular formula is C14H12Br2N2O. The standard InChI is InChI=1S/C14H12Br2N2O/c15-10-6-7-12(11(16)8-10)18-14(19)13(17)9-4-2-1-3-5-9/h1-8,13H,17H2,(H,18,19)/t13-/m0/s1. The Labute approximate surface area is 128 Å². The van der Waals surface area contributed by atoms with Crippen LogP contribution >= 0.6 is 31.9 Å². The molecule has 0 unspecified atom stereocenters. The summed E-state index contributed by atoms with van der Waals surface area (Å²) in [7, 11) is 0. The fraction of sp³-hybridized carbons (Fsp3) is 0.0714. The van der Waals surface area contributed by atoms with Crippen molar-refractivity contribution in [1.82, 2.24) is 0 Å². The first kappa shape index (κ1) is 14.2. The third-order valence-electron chi connectivity index (χ3n) is 2.63. The number of rotatable bonds is 3. The van der Waals surface area contributed by atoms with Gasteiger partial charge in [0.15, 0.2) is 0 Å². The minimum Gasteiger partial charge on any atom is -0.323 e. The summed E-state index contributed by atoms with van der Waals surface area (Å²) in [4.78, 5) is 12.1. The molecule has 2 aromatic carbocycles. The molecule has 0 bridgehead atoms. The number of carbonyl (C=O) groups is 1. The second kappa shape index (κ2) is 6.32. The summed E-state index contributed by atoms with van der Waals surface area (Å²) < 4.78 is 1.74. The van der Waals surface area contributed by atoms with Crippen molar-refractivity contribution in [2.45, 2.75) is 6.04 Å². The average molecular weight is 384 g/mol. The molecule has 0 fully saturated rings. The largest absolute Gasteiger partial charge is 0.323 e. The number of hydrogen-bond acceptors (Lipinski definition) is 2. The van der Waals surface area contributed by atoms with Crippen LogP contribution in [0.25, 0.3) is 0 Å². The van der Waals surface area contributed by atoms with Gasteiger partial charge < -0.3 is 11.1 Å². The van der Waals surface area contributed by atoms with Crippen LogP contribution in [0.4, 0.5) is 5.69 Å². The Morgan fingerprint density at radius 2 is 1.79 bits per heavy atom. The van der Waals surface area contributed by atoms with E-state index in [-0.39, 0.29) is 5.91 Å². The topological polar surface area (TPSA) is 55.1 Å². The van der Waals surface area contributed by atoms with E-state index in [1.165, 1.54) is 0 Å². The Morgan fingerprint density at radius 3 is 2.42 bits per heavy atom. The van der Waals surface area contributed by atoms with E-state index in [1.54, 1.807) is 0 Å². The Morgan fingerprint density at radius 1 is 1.11 bits per heavy atom. The third kappa shape index (κ3) is 3.65. The molecule has 5 heteroatoms. The zero-order valence-electron chi connectivity index (χ0n) is 9.94. The van der Waals surface area contributed by atoms with Gasteiger partial charge in [-0.2, -0.15) is 0 Å². The van der Waals surface area contributed by atoms with E-state index in [2.05, 4.69) is 37.2 Å². The highest BCUT2D eigenvalue weighted by Crippen LogP contribution is 2.26. The number of nitrogens with two attached hydrogens (primary N) is 1. The summed E-state index contributed by atoms with van der Waals surface area (Å²) in [5.74, 6) is -0.241. The lowest BCUT2D eigenvalue weighted by molar-refractivity contribution is -0.117. The van der Waals surface area contributed by atoms with Gasteiger partial charge >= 0.3 is 0 Å². The van der Waals surface area contributed by atoms with Crippen molar-refractivity contribution in [3.05, 3.63) is 63.0 Å². The minimum atomic E-state index is -0.684. The summed E-state index contributed by atoms with van der Waals surface area (Å²) >= 11 is 6.76. The van der Waals surface area contributed by atoms with E-state index >= 15 is 0 Å². The third-order valence-corrected chi connectivity index (χ3v) is 3.78.